The second kappa shape index (κ2) is 7.05. The Morgan fingerprint density at radius 1 is 1.12 bits per heavy atom. The van der Waals surface area contributed by atoms with Gasteiger partial charge in [-0.3, -0.25) is 4.79 Å². The van der Waals surface area contributed by atoms with Crippen molar-refractivity contribution in [2.45, 2.75) is 13.5 Å². The normalized spacial score (nSPS) is 12.3. The summed E-state index contributed by atoms with van der Waals surface area (Å²) in [5.41, 5.74) is 2.11. The molecule has 0 atom stereocenters. The molecular weight excluding hydrogens is 304 g/mol. The third-order valence-electron chi connectivity index (χ3n) is 3.91. The molecule has 1 aliphatic heterocycles. The van der Waals surface area contributed by atoms with E-state index in [1.807, 2.05) is 25.1 Å². The third-order valence-corrected chi connectivity index (χ3v) is 3.91. The highest BCUT2D eigenvalue weighted by molar-refractivity contribution is 5.94. The van der Waals surface area contributed by atoms with E-state index in [9.17, 15) is 4.79 Å². The summed E-state index contributed by atoms with van der Waals surface area (Å²) in [5.74, 6) is 1.41. The molecule has 122 valence electrons. The Bertz CT molecular complexity index is 778. The second-order valence-electron chi connectivity index (χ2n) is 5.49. The van der Waals surface area contributed by atoms with E-state index in [0.717, 1.165) is 17.1 Å². The summed E-state index contributed by atoms with van der Waals surface area (Å²) in [6.07, 6.45) is 0. The molecule has 0 radical (unpaired) electrons. The highest BCUT2D eigenvalue weighted by atomic mass is 16.6. The molecule has 2 aromatic carbocycles. The second-order valence-corrected chi connectivity index (χ2v) is 5.49. The van der Waals surface area contributed by atoms with E-state index < -0.39 is 0 Å². The highest BCUT2D eigenvalue weighted by Gasteiger charge is 2.17. The number of benzene rings is 2. The summed E-state index contributed by atoms with van der Waals surface area (Å²) in [7, 11) is 0. The van der Waals surface area contributed by atoms with Crippen molar-refractivity contribution < 1.29 is 14.3 Å². The molecule has 0 spiro atoms. The Morgan fingerprint density at radius 2 is 1.83 bits per heavy atom. The molecule has 3 rings (SSSR count). The molecule has 0 unspecified atom stereocenters. The van der Waals surface area contributed by atoms with Gasteiger partial charge in [0.05, 0.1) is 11.6 Å². The van der Waals surface area contributed by atoms with Crippen LogP contribution in [-0.2, 0) is 6.54 Å². The number of nitrogens with zero attached hydrogens (tertiary/aromatic N) is 2. The Labute approximate surface area is 141 Å². The zero-order valence-electron chi connectivity index (χ0n) is 13.5. The van der Waals surface area contributed by atoms with Gasteiger partial charge < -0.3 is 14.4 Å². The summed E-state index contributed by atoms with van der Waals surface area (Å²) in [5, 5.41) is 8.85. The first-order valence-corrected chi connectivity index (χ1v) is 7.89. The molecule has 5 heteroatoms. The van der Waals surface area contributed by atoms with E-state index in [2.05, 4.69) is 6.07 Å². The van der Waals surface area contributed by atoms with E-state index in [4.69, 9.17) is 14.7 Å². The van der Waals surface area contributed by atoms with Crippen molar-refractivity contribution in [1.29, 1.82) is 5.26 Å². The summed E-state index contributed by atoms with van der Waals surface area (Å²) in [4.78, 5) is 14.4. The lowest BCUT2D eigenvalue weighted by atomic mass is 10.1. The van der Waals surface area contributed by atoms with Gasteiger partial charge in [-0.15, -0.1) is 0 Å². The largest absolute Gasteiger partial charge is 0.486 e. The van der Waals surface area contributed by atoms with Crippen LogP contribution in [0.1, 0.15) is 28.4 Å². The zero-order chi connectivity index (χ0) is 16.9. The van der Waals surface area contributed by atoms with Gasteiger partial charge in [-0.05, 0) is 48.9 Å². The van der Waals surface area contributed by atoms with E-state index in [-0.39, 0.29) is 5.91 Å². The van der Waals surface area contributed by atoms with Crippen molar-refractivity contribution in [3.05, 3.63) is 59.2 Å². The fraction of sp³-hybridized carbons (Fsp3) is 0.263. The molecule has 0 N–H and O–H groups in total. The van der Waals surface area contributed by atoms with Crippen LogP contribution < -0.4 is 9.47 Å². The fourth-order valence-corrected chi connectivity index (χ4v) is 2.60. The van der Waals surface area contributed by atoms with E-state index in [1.54, 1.807) is 29.2 Å². The lowest BCUT2D eigenvalue weighted by Crippen LogP contribution is -2.30. The van der Waals surface area contributed by atoms with Crippen molar-refractivity contribution >= 4 is 5.91 Å². The van der Waals surface area contributed by atoms with E-state index >= 15 is 0 Å². The number of carbonyl (C=O) groups excluding carboxylic acids is 1. The number of hydrogen-bond donors (Lipinski definition) is 0. The topological polar surface area (TPSA) is 62.6 Å². The molecule has 0 aliphatic carbocycles. The fourth-order valence-electron chi connectivity index (χ4n) is 2.60. The Hall–Kier alpha value is -3.00. The average Bonchev–Trinajstić information content (AvgIpc) is 2.65. The van der Waals surface area contributed by atoms with Crippen LogP contribution in [0.25, 0.3) is 0 Å². The molecule has 0 fully saturated rings. The van der Waals surface area contributed by atoms with Crippen molar-refractivity contribution in [3.8, 4) is 17.6 Å². The maximum Gasteiger partial charge on any atom is 0.254 e. The third kappa shape index (κ3) is 3.33. The summed E-state index contributed by atoms with van der Waals surface area (Å²) >= 11 is 0. The summed E-state index contributed by atoms with van der Waals surface area (Å²) < 4.78 is 11.1. The molecule has 1 amide bonds. The first kappa shape index (κ1) is 15.9. The molecular formula is C19H18N2O3. The summed E-state index contributed by atoms with van der Waals surface area (Å²) in [6.45, 7) is 4.13. The van der Waals surface area contributed by atoms with Crippen LogP contribution in [-0.4, -0.2) is 30.6 Å². The maximum atomic E-state index is 12.7. The van der Waals surface area contributed by atoms with Crippen LogP contribution >= 0.6 is 0 Å². The molecule has 0 bridgehead atoms. The highest BCUT2D eigenvalue weighted by Crippen LogP contribution is 2.31. The number of ether oxygens (including phenoxy) is 2. The molecule has 1 aliphatic rings. The minimum Gasteiger partial charge on any atom is -0.486 e. The average molecular weight is 322 g/mol. The van der Waals surface area contributed by atoms with Crippen LogP contribution in [0.3, 0.4) is 0 Å². The van der Waals surface area contributed by atoms with Gasteiger partial charge in [0.1, 0.15) is 13.2 Å². The predicted octanol–water partition coefficient (Wildman–Crippen LogP) is 2.99. The van der Waals surface area contributed by atoms with Gasteiger partial charge in [0.2, 0.25) is 0 Å². The van der Waals surface area contributed by atoms with Gasteiger partial charge in [-0.25, -0.2) is 0 Å². The number of rotatable bonds is 4. The van der Waals surface area contributed by atoms with Crippen LogP contribution in [0.2, 0.25) is 0 Å². The number of amides is 1. The molecule has 5 nitrogen and oxygen atoms in total. The van der Waals surface area contributed by atoms with Gasteiger partial charge in [0.15, 0.2) is 11.5 Å². The first-order valence-electron chi connectivity index (χ1n) is 7.89. The summed E-state index contributed by atoms with van der Waals surface area (Å²) in [6, 6.07) is 14.5. The van der Waals surface area contributed by atoms with Crippen LogP contribution in [0, 0.1) is 11.3 Å². The lowest BCUT2D eigenvalue weighted by molar-refractivity contribution is 0.0752. The van der Waals surface area contributed by atoms with Crippen LogP contribution in [0.5, 0.6) is 11.5 Å². The molecule has 0 saturated heterocycles. The monoisotopic (exact) mass is 322 g/mol. The molecule has 0 aromatic heterocycles. The van der Waals surface area contributed by atoms with Gasteiger partial charge in [0, 0.05) is 18.7 Å². The number of carbonyl (C=O) groups is 1. The molecule has 1 heterocycles. The van der Waals surface area contributed by atoms with E-state index in [0.29, 0.717) is 37.4 Å². The molecule has 24 heavy (non-hydrogen) atoms. The van der Waals surface area contributed by atoms with Crippen LogP contribution in [0.15, 0.2) is 42.5 Å². The van der Waals surface area contributed by atoms with E-state index in [1.165, 1.54) is 0 Å². The smallest absolute Gasteiger partial charge is 0.254 e. The van der Waals surface area contributed by atoms with Gasteiger partial charge in [0.25, 0.3) is 5.91 Å². The van der Waals surface area contributed by atoms with Crippen molar-refractivity contribution in [1.82, 2.24) is 4.90 Å². The Morgan fingerprint density at radius 3 is 2.50 bits per heavy atom. The van der Waals surface area contributed by atoms with Crippen molar-refractivity contribution in [2.24, 2.45) is 0 Å². The van der Waals surface area contributed by atoms with Crippen molar-refractivity contribution in [2.75, 3.05) is 19.8 Å². The quantitative estimate of drug-likeness (QED) is 0.868. The van der Waals surface area contributed by atoms with Crippen LogP contribution in [0.4, 0.5) is 0 Å². The Kier molecular flexibility index (Phi) is 4.66. The molecule has 0 saturated carbocycles. The molecule has 2 aromatic rings. The minimum atomic E-state index is -0.0584. The van der Waals surface area contributed by atoms with Gasteiger partial charge in [-0.1, -0.05) is 6.07 Å². The lowest BCUT2D eigenvalue weighted by Gasteiger charge is -2.23. The van der Waals surface area contributed by atoms with Gasteiger partial charge >= 0.3 is 0 Å². The minimum absolute atomic E-state index is 0.0584. The number of nitriles is 1. The first-order chi connectivity index (χ1) is 11.7. The maximum absolute atomic E-state index is 12.7. The predicted molar refractivity (Wildman–Crippen MR) is 89.0 cm³/mol. The number of fused-ring (bicyclic) bond motifs is 1. The number of hydrogen-bond acceptors (Lipinski definition) is 4. The zero-order valence-corrected chi connectivity index (χ0v) is 13.5. The SMILES string of the molecule is CCN(Cc1ccc2c(c1)OCCO2)C(=O)c1ccc(C#N)cc1. The van der Waals surface area contributed by atoms with Crippen molar-refractivity contribution in [3.63, 3.8) is 0 Å². The standard InChI is InChI=1S/C19H18N2O3/c1-2-21(19(22)16-6-3-14(12-20)4-7-16)13-15-5-8-17-18(11-15)24-10-9-23-17/h3-8,11H,2,9-10,13H2,1H3. The Balaban J connectivity index is 1.76. The van der Waals surface area contributed by atoms with Gasteiger partial charge in [-0.2, -0.15) is 5.26 Å².